The van der Waals surface area contributed by atoms with Gasteiger partial charge >= 0.3 is 0 Å². The maximum Gasteiger partial charge on any atom is 0.138 e. The lowest BCUT2D eigenvalue weighted by Gasteiger charge is -2.28. The van der Waals surface area contributed by atoms with E-state index in [0.29, 0.717) is 24.2 Å². The third-order valence-corrected chi connectivity index (χ3v) is 3.85. The summed E-state index contributed by atoms with van der Waals surface area (Å²) in [5.74, 6) is 5.74. The molecule has 20 heavy (non-hydrogen) atoms. The van der Waals surface area contributed by atoms with Gasteiger partial charge in [-0.2, -0.15) is 0 Å². The number of benzene rings is 1. The first-order valence-corrected chi connectivity index (χ1v) is 7.29. The molecule has 1 aromatic carbocycles. The minimum absolute atomic E-state index is 0.236. The molecule has 2 rings (SSSR count). The van der Waals surface area contributed by atoms with E-state index in [-0.39, 0.29) is 12.4 Å². The van der Waals surface area contributed by atoms with E-state index < -0.39 is 0 Å². The predicted molar refractivity (Wildman–Crippen MR) is 78.5 cm³/mol. The molecule has 0 aromatic heterocycles. The zero-order valence-electron chi connectivity index (χ0n) is 12.0. The van der Waals surface area contributed by atoms with Crippen LogP contribution in [0.15, 0.2) is 18.2 Å². The Morgan fingerprint density at radius 1 is 1.35 bits per heavy atom. The SMILES string of the molecule is CC1CCCCC1OCc1ccc(F)c(C#CCN)c1. The number of hydrogen-bond acceptors (Lipinski definition) is 2. The highest BCUT2D eigenvalue weighted by Gasteiger charge is 2.21. The van der Waals surface area contributed by atoms with Crippen molar-refractivity contribution >= 4 is 0 Å². The van der Waals surface area contributed by atoms with Gasteiger partial charge in [-0.1, -0.05) is 37.7 Å². The average Bonchev–Trinajstić information content (AvgIpc) is 2.46. The molecule has 0 amide bonds. The molecule has 3 heteroatoms. The maximum absolute atomic E-state index is 13.6. The Balaban J connectivity index is 1.99. The summed E-state index contributed by atoms with van der Waals surface area (Å²) in [6.45, 7) is 3.00. The Labute approximate surface area is 120 Å². The highest BCUT2D eigenvalue weighted by atomic mass is 19.1. The Kier molecular flexibility index (Phi) is 5.58. The summed E-state index contributed by atoms with van der Waals surface area (Å²) in [6, 6.07) is 4.96. The summed E-state index contributed by atoms with van der Waals surface area (Å²) in [5, 5.41) is 0. The third kappa shape index (κ3) is 4.06. The molecule has 2 atom stereocenters. The zero-order chi connectivity index (χ0) is 14.4. The second kappa shape index (κ2) is 7.42. The normalized spacial score (nSPS) is 22.1. The van der Waals surface area contributed by atoms with E-state index in [1.807, 2.05) is 0 Å². The van der Waals surface area contributed by atoms with E-state index in [1.165, 1.54) is 25.3 Å². The Hall–Kier alpha value is -1.37. The molecule has 2 N–H and O–H groups in total. The van der Waals surface area contributed by atoms with E-state index in [2.05, 4.69) is 18.8 Å². The van der Waals surface area contributed by atoms with Crippen LogP contribution in [0.4, 0.5) is 4.39 Å². The van der Waals surface area contributed by atoms with Crippen LogP contribution >= 0.6 is 0 Å². The van der Waals surface area contributed by atoms with Crippen LogP contribution in [-0.2, 0) is 11.3 Å². The average molecular weight is 275 g/mol. The topological polar surface area (TPSA) is 35.2 Å². The molecule has 1 saturated carbocycles. The summed E-state index contributed by atoms with van der Waals surface area (Å²) >= 11 is 0. The lowest BCUT2D eigenvalue weighted by molar-refractivity contribution is -0.0154. The first-order chi connectivity index (χ1) is 9.70. The van der Waals surface area contributed by atoms with Gasteiger partial charge in [0.2, 0.25) is 0 Å². The molecular weight excluding hydrogens is 253 g/mol. The van der Waals surface area contributed by atoms with Crippen molar-refractivity contribution in [1.29, 1.82) is 0 Å². The summed E-state index contributed by atoms with van der Waals surface area (Å²) < 4.78 is 19.6. The van der Waals surface area contributed by atoms with Gasteiger partial charge < -0.3 is 10.5 Å². The largest absolute Gasteiger partial charge is 0.373 e. The highest BCUT2D eigenvalue weighted by Crippen LogP contribution is 2.27. The van der Waals surface area contributed by atoms with Gasteiger partial charge in [-0.25, -0.2) is 4.39 Å². The molecule has 0 heterocycles. The number of hydrogen-bond donors (Lipinski definition) is 1. The Morgan fingerprint density at radius 2 is 2.15 bits per heavy atom. The minimum atomic E-state index is -0.305. The van der Waals surface area contributed by atoms with Crippen molar-refractivity contribution in [2.45, 2.75) is 45.3 Å². The van der Waals surface area contributed by atoms with Gasteiger partial charge in [0.05, 0.1) is 24.8 Å². The van der Waals surface area contributed by atoms with E-state index in [4.69, 9.17) is 10.5 Å². The number of nitrogens with two attached hydrogens (primary N) is 1. The Bertz CT molecular complexity index is 503. The molecule has 1 aromatic rings. The van der Waals surface area contributed by atoms with Gasteiger partial charge in [0, 0.05) is 0 Å². The summed E-state index contributed by atoms with van der Waals surface area (Å²) in [5.41, 5.74) is 6.68. The van der Waals surface area contributed by atoms with E-state index in [9.17, 15) is 4.39 Å². The molecule has 1 aliphatic rings. The lowest BCUT2D eigenvalue weighted by Crippen LogP contribution is -2.25. The van der Waals surface area contributed by atoms with Crippen molar-refractivity contribution in [1.82, 2.24) is 0 Å². The van der Waals surface area contributed by atoms with Crippen molar-refractivity contribution in [3.8, 4) is 11.8 Å². The predicted octanol–water partition coefficient (Wildman–Crippen LogP) is 3.23. The Morgan fingerprint density at radius 3 is 2.90 bits per heavy atom. The van der Waals surface area contributed by atoms with Crippen LogP contribution in [0, 0.1) is 23.6 Å². The fraction of sp³-hybridized carbons (Fsp3) is 0.529. The number of rotatable bonds is 3. The zero-order valence-corrected chi connectivity index (χ0v) is 12.0. The van der Waals surface area contributed by atoms with Crippen molar-refractivity contribution in [2.75, 3.05) is 6.54 Å². The first-order valence-electron chi connectivity index (χ1n) is 7.29. The first kappa shape index (κ1) is 15.0. The van der Waals surface area contributed by atoms with Gasteiger partial charge in [-0.3, -0.25) is 0 Å². The minimum Gasteiger partial charge on any atom is -0.373 e. The van der Waals surface area contributed by atoms with Crippen LogP contribution in [0.1, 0.15) is 43.7 Å². The molecule has 0 bridgehead atoms. The smallest absolute Gasteiger partial charge is 0.138 e. The fourth-order valence-electron chi connectivity index (χ4n) is 2.64. The van der Waals surface area contributed by atoms with E-state index in [1.54, 1.807) is 12.1 Å². The van der Waals surface area contributed by atoms with Crippen LogP contribution in [0.2, 0.25) is 0 Å². The molecule has 1 fully saturated rings. The van der Waals surface area contributed by atoms with Crippen LogP contribution in [0.3, 0.4) is 0 Å². The summed E-state index contributed by atoms with van der Waals surface area (Å²) in [6.07, 6.45) is 5.23. The van der Waals surface area contributed by atoms with Crippen molar-refractivity contribution in [3.05, 3.63) is 35.1 Å². The molecule has 1 aliphatic carbocycles. The molecule has 2 unspecified atom stereocenters. The number of halogens is 1. The van der Waals surface area contributed by atoms with Gasteiger partial charge in [0.15, 0.2) is 0 Å². The van der Waals surface area contributed by atoms with Crippen LogP contribution in [0.25, 0.3) is 0 Å². The maximum atomic E-state index is 13.6. The van der Waals surface area contributed by atoms with E-state index >= 15 is 0 Å². The van der Waals surface area contributed by atoms with Crippen molar-refractivity contribution in [3.63, 3.8) is 0 Å². The molecule has 0 spiro atoms. The van der Waals surface area contributed by atoms with Gasteiger partial charge in [-0.15, -0.1) is 0 Å². The molecular formula is C17H22FNO. The second-order valence-corrected chi connectivity index (χ2v) is 5.43. The van der Waals surface area contributed by atoms with Crippen LogP contribution in [-0.4, -0.2) is 12.6 Å². The van der Waals surface area contributed by atoms with Crippen LogP contribution < -0.4 is 5.73 Å². The monoisotopic (exact) mass is 275 g/mol. The molecule has 0 radical (unpaired) electrons. The number of ether oxygens (including phenoxy) is 1. The summed E-state index contributed by atoms with van der Waals surface area (Å²) in [7, 11) is 0. The van der Waals surface area contributed by atoms with Crippen LogP contribution in [0.5, 0.6) is 0 Å². The standard InChI is InChI=1S/C17H22FNO/c1-13-5-2-3-7-17(13)20-12-14-8-9-16(18)15(11-14)6-4-10-19/h8-9,11,13,17H,2-3,5,7,10,12,19H2,1H3. The van der Waals surface area contributed by atoms with Gasteiger partial charge in [0.25, 0.3) is 0 Å². The fourth-order valence-corrected chi connectivity index (χ4v) is 2.64. The van der Waals surface area contributed by atoms with E-state index in [0.717, 1.165) is 12.0 Å². The van der Waals surface area contributed by atoms with Crippen molar-refractivity contribution < 1.29 is 9.13 Å². The highest BCUT2D eigenvalue weighted by molar-refractivity contribution is 5.38. The quantitative estimate of drug-likeness (QED) is 0.860. The summed E-state index contributed by atoms with van der Waals surface area (Å²) in [4.78, 5) is 0. The van der Waals surface area contributed by atoms with Crippen molar-refractivity contribution in [2.24, 2.45) is 11.7 Å². The molecule has 2 nitrogen and oxygen atoms in total. The third-order valence-electron chi connectivity index (χ3n) is 3.85. The molecule has 108 valence electrons. The molecule has 0 aliphatic heterocycles. The second-order valence-electron chi connectivity index (χ2n) is 5.43. The van der Waals surface area contributed by atoms with Gasteiger partial charge in [-0.05, 0) is 36.5 Å². The molecule has 0 saturated heterocycles. The lowest BCUT2D eigenvalue weighted by atomic mass is 9.88. The van der Waals surface area contributed by atoms with Gasteiger partial charge in [0.1, 0.15) is 5.82 Å².